The van der Waals surface area contributed by atoms with Crippen LogP contribution in [0, 0.1) is 0 Å². The number of nitrogens with zero attached hydrogens (tertiary/aromatic N) is 2. The summed E-state index contributed by atoms with van der Waals surface area (Å²) in [6.45, 7) is 2.80. The largest absolute Gasteiger partial charge is 0.507 e. The number of halogens is 1. The smallest absolute Gasteiger partial charge is 0.301 e. The average molecular weight is 565 g/mol. The van der Waals surface area contributed by atoms with Gasteiger partial charge in [-0.2, -0.15) is 0 Å². The summed E-state index contributed by atoms with van der Waals surface area (Å²) >= 11 is 7.35. The molecule has 0 spiro atoms. The van der Waals surface area contributed by atoms with Gasteiger partial charge in [-0.25, -0.2) is 4.98 Å². The third kappa shape index (κ3) is 4.31. The highest BCUT2D eigenvalue weighted by molar-refractivity contribution is 7.22. The van der Waals surface area contributed by atoms with Crippen molar-refractivity contribution in [3.8, 4) is 23.0 Å². The van der Waals surface area contributed by atoms with Crippen molar-refractivity contribution in [3.05, 3.63) is 76.3 Å². The van der Waals surface area contributed by atoms with Crippen LogP contribution in [0.15, 0.2) is 60.2 Å². The Kier molecular flexibility index (Phi) is 6.28. The molecule has 0 saturated carbocycles. The minimum atomic E-state index is -1.06. The van der Waals surface area contributed by atoms with Crippen molar-refractivity contribution in [3.63, 3.8) is 0 Å². The first-order valence-corrected chi connectivity index (χ1v) is 13.3. The van der Waals surface area contributed by atoms with Gasteiger partial charge in [0, 0.05) is 10.6 Å². The second-order valence-corrected chi connectivity index (χ2v) is 10.2. The Labute approximate surface area is 231 Å². The number of ketones is 1. The Morgan fingerprint density at radius 3 is 2.69 bits per heavy atom. The van der Waals surface area contributed by atoms with Gasteiger partial charge in [0.25, 0.3) is 5.78 Å². The number of carbonyl (C=O) groups is 2. The predicted octanol–water partition coefficient (Wildman–Crippen LogP) is 5.45. The Bertz CT molecular complexity index is 1680. The number of amides is 1. The predicted molar refractivity (Wildman–Crippen MR) is 146 cm³/mol. The maximum atomic E-state index is 13.5. The van der Waals surface area contributed by atoms with E-state index in [0.717, 1.165) is 4.70 Å². The standard InChI is InChI=1S/C28H21ClN2O7S/c1-2-36-20-11-14(3-7-18(20)32)24-23(25(33)15-4-8-19-21(12-15)38-10-9-37-19)26(34)27(35)31(24)28-30-17-6-5-16(29)13-22(17)39-28/h3-8,11-13,24,32-33H,2,9-10H2,1H3/b25-23+. The summed E-state index contributed by atoms with van der Waals surface area (Å²) < 4.78 is 17.5. The maximum absolute atomic E-state index is 13.5. The molecule has 39 heavy (non-hydrogen) atoms. The summed E-state index contributed by atoms with van der Waals surface area (Å²) in [6, 6.07) is 13.4. The van der Waals surface area contributed by atoms with Crippen LogP contribution in [0.5, 0.6) is 23.0 Å². The lowest BCUT2D eigenvalue weighted by atomic mass is 9.95. The molecule has 11 heteroatoms. The molecule has 1 amide bonds. The highest BCUT2D eigenvalue weighted by Crippen LogP contribution is 2.46. The van der Waals surface area contributed by atoms with Gasteiger partial charge in [-0.15, -0.1) is 0 Å². The number of thiazole rings is 1. The van der Waals surface area contributed by atoms with Crippen molar-refractivity contribution in [2.75, 3.05) is 24.7 Å². The zero-order valence-corrected chi connectivity index (χ0v) is 22.1. The van der Waals surface area contributed by atoms with Gasteiger partial charge in [0.15, 0.2) is 28.1 Å². The lowest BCUT2D eigenvalue weighted by molar-refractivity contribution is -0.132. The summed E-state index contributed by atoms with van der Waals surface area (Å²) in [5.41, 5.74) is 1.18. The molecule has 6 rings (SSSR count). The van der Waals surface area contributed by atoms with Crippen molar-refractivity contribution in [1.29, 1.82) is 0 Å². The SMILES string of the molecule is CCOc1cc(C2/C(=C(\O)c3ccc4c(c3)OCCO4)C(=O)C(=O)N2c2nc3ccc(Cl)cc3s2)ccc1O. The number of aliphatic hydroxyl groups is 1. The molecule has 0 bridgehead atoms. The molecule has 3 aromatic carbocycles. The first kappa shape index (κ1) is 25.0. The number of hydrogen-bond donors (Lipinski definition) is 2. The molecule has 1 fully saturated rings. The number of aliphatic hydroxyl groups excluding tert-OH is 1. The van der Waals surface area contributed by atoms with Crippen molar-refractivity contribution in [2.24, 2.45) is 0 Å². The topological polar surface area (TPSA) is 118 Å². The van der Waals surface area contributed by atoms with E-state index in [4.69, 9.17) is 25.8 Å². The zero-order chi connectivity index (χ0) is 27.3. The molecule has 198 valence electrons. The fraction of sp³-hybridized carbons (Fsp3) is 0.179. The van der Waals surface area contributed by atoms with Crippen molar-refractivity contribution in [2.45, 2.75) is 13.0 Å². The molecule has 0 radical (unpaired) electrons. The number of phenols is 1. The van der Waals surface area contributed by atoms with E-state index in [1.165, 1.54) is 22.3 Å². The van der Waals surface area contributed by atoms with Crippen LogP contribution in [0.25, 0.3) is 16.0 Å². The number of aromatic hydroxyl groups is 1. The molecule has 2 aliphatic heterocycles. The Morgan fingerprint density at radius 2 is 1.90 bits per heavy atom. The van der Waals surface area contributed by atoms with Crippen LogP contribution >= 0.6 is 22.9 Å². The number of ether oxygens (including phenoxy) is 3. The van der Waals surface area contributed by atoms with Gasteiger partial charge in [-0.1, -0.05) is 29.0 Å². The quantitative estimate of drug-likeness (QED) is 0.187. The number of hydrogen-bond acceptors (Lipinski definition) is 9. The van der Waals surface area contributed by atoms with E-state index in [1.54, 1.807) is 55.5 Å². The summed E-state index contributed by atoms with van der Waals surface area (Å²) in [4.78, 5) is 32.9. The fourth-order valence-electron chi connectivity index (χ4n) is 4.65. The van der Waals surface area contributed by atoms with E-state index in [9.17, 15) is 19.8 Å². The summed E-state index contributed by atoms with van der Waals surface area (Å²) in [6.07, 6.45) is 0. The van der Waals surface area contributed by atoms with Gasteiger partial charge in [0.05, 0.1) is 28.4 Å². The molecule has 1 aromatic heterocycles. The molecule has 3 heterocycles. The number of aromatic nitrogens is 1. The lowest BCUT2D eigenvalue weighted by Gasteiger charge is -2.24. The molecular weight excluding hydrogens is 544 g/mol. The number of rotatable bonds is 5. The highest BCUT2D eigenvalue weighted by atomic mass is 35.5. The van der Waals surface area contributed by atoms with Crippen LogP contribution in [0.1, 0.15) is 24.1 Å². The van der Waals surface area contributed by atoms with Crippen LogP contribution in [-0.2, 0) is 9.59 Å². The van der Waals surface area contributed by atoms with E-state index < -0.39 is 17.7 Å². The zero-order valence-electron chi connectivity index (χ0n) is 20.5. The molecule has 1 atom stereocenters. The Morgan fingerprint density at radius 1 is 1.10 bits per heavy atom. The van der Waals surface area contributed by atoms with Gasteiger partial charge in [0.1, 0.15) is 19.0 Å². The van der Waals surface area contributed by atoms with Crippen LogP contribution < -0.4 is 19.1 Å². The summed E-state index contributed by atoms with van der Waals surface area (Å²) in [5, 5.41) is 22.5. The second-order valence-electron chi connectivity index (χ2n) is 8.80. The molecular formula is C28H21ClN2O7S. The van der Waals surface area contributed by atoms with Crippen LogP contribution in [0.3, 0.4) is 0 Å². The van der Waals surface area contributed by atoms with Crippen LogP contribution in [0.4, 0.5) is 5.13 Å². The normalized spacial score (nSPS) is 18.1. The van der Waals surface area contributed by atoms with Gasteiger partial charge in [-0.3, -0.25) is 14.5 Å². The van der Waals surface area contributed by atoms with Gasteiger partial charge < -0.3 is 24.4 Å². The first-order valence-electron chi connectivity index (χ1n) is 12.1. The van der Waals surface area contributed by atoms with Crippen molar-refractivity contribution >= 4 is 55.7 Å². The molecule has 1 saturated heterocycles. The Hall–Kier alpha value is -4.28. The molecule has 0 aliphatic carbocycles. The van der Waals surface area contributed by atoms with Gasteiger partial charge in [0.2, 0.25) is 0 Å². The van der Waals surface area contributed by atoms with Crippen molar-refractivity contribution in [1.82, 2.24) is 4.98 Å². The van der Waals surface area contributed by atoms with Crippen LogP contribution in [0.2, 0.25) is 5.02 Å². The summed E-state index contributed by atoms with van der Waals surface area (Å²) in [7, 11) is 0. The van der Waals surface area contributed by atoms with Crippen molar-refractivity contribution < 1.29 is 34.0 Å². The first-order chi connectivity index (χ1) is 18.9. The number of Topliss-reactive ketones (excluding diaryl/α,β-unsaturated/α-hetero) is 1. The Balaban J connectivity index is 1.55. The highest BCUT2D eigenvalue weighted by Gasteiger charge is 2.48. The van der Waals surface area contributed by atoms with Crippen LogP contribution in [-0.4, -0.2) is 46.7 Å². The molecule has 4 aromatic rings. The molecule has 1 unspecified atom stereocenters. The molecule has 2 aliphatic rings. The molecule has 2 N–H and O–H groups in total. The van der Waals surface area contributed by atoms with E-state index in [1.807, 2.05) is 0 Å². The minimum absolute atomic E-state index is 0.0981. The number of carbonyl (C=O) groups excluding carboxylic acids is 2. The third-order valence-electron chi connectivity index (χ3n) is 6.40. The maximum Gasteiger partial charge on any atom is 0.301 e. The minimum Gasteiger partial charge on any atom is -0.507 e. The van der Waals surface area contributed by atoms with E-state index >= 15 is 0 Å². The van der Waals surface area contributed by atoms with Gasteiger partial charge in [-0.05, 0) is 61.0 Å². The number of fused-ring (bicyclic) bond motifs is 2. The van der Waals surface area contributed by atoms with E-state index in [2.05, 4.69) is 4.98 Å². The number of phenolic OH excluding ortho intramolecular Hbond substituents is 1. The fourth-order valence-corrected chi connectivity index (χ4v) is 5.92. The lowest BCUT2D eigenvalue weighted by Crippen LogP contribution is -2.29. The third-order valence-corrected chi connectivity index (χ3v) is 7.66. The second kappa shape index (κ2) is 9.79. The molecule has 9 nitrogen and oxygen atoms in total. The number of anilines is 1. The van der Waals surface area contributed by atoms with Gasteiger partial charge >= 0.3 is 5.91 Å². The van der Waals surface area contributed by atoms with E-state index in [-0.39, 0.29) is 40.1 Å². The number of benzene rings is 3. The summed E-state index contributed by atoms with van der Waals surface area (Å²) in [5.74, 6) is -1.10. The van der Waals surface area contributed by atoms with E-state index in [0.29, 0.717) is 40.8 Å². The monoisotopic (exact) mass is 564 g/mol. The average Bonchev–Trinajstić information content (AvgIpc) is 3.46.